The monoisotopic (exact) mass is 499 g/mol. The van der Waals surface area contributed by atoms with E-state index in [1.54, 1.807) is 45.1 Å². The summed E-state index contributed by atoms with van der Waals surface area (Å²) in [5, 5.41) is 7.86. The number of nitrogens with two attached hydrogens (primary N) is 1. The van der Waals surface area contributed by atoms with E-state index in [2.05, 4.69) is 26.2 Å². The Hall–Kier alpha value is -3.53. The number of nitrogens with one attached hydrogen (secondary N) is 1. The fraction of sp³-hybridized carbons (Fsp3) is 0.227. The van der Waals surface area contributed by atoms with Gasteiger partial charge in [0.2, 0.25) is 17.6 Å². The number of carbonyl (C=O) groups is 1. The molecule has 10 heteroatoms. The minimum atomic E-state index is -0.537. The van der Waals surface area contributed by atoms with Gasteiger partial charge in [-0.3, -0.25) is 4.79 Å². The van der Waals surface area contributed by atoms with Gasteiger partial charge in [0, 0.05) is 15.7 Å². The predicted octanol–water partition coefficient (Wildman–Crippen LogP) is 3.51. The van der Waals surface area contributed by atoms with E-state index in [4.69, 9.17) is 25.0 Å². The molecule has 4 rings (SSSR count). The number of allylic oxidation sites excluding steroid dienone is 1. The normalized spacial score (nSPS) is 15.1. The zero-order valence-corrected chi connectivity index (χ0v) is 19.6. The topological polar surface area (TPSA) is 114 Å². The van der Waals surface area contributed by atoms with Gasteiger partial charge in [0.05, 0.1) is 26.9 Å². The van der Waals surface area contributed by atoms with Crippen LogP contribution in [0.3, 0.4) is 0 Å². The van der Waals surface area contributed by atoms with E-state index in [0.717, 1.165) is 10.0 Å². The van der Waals surface area contributed by atoms with E-state index < -0.39 is 11.9 Å². The quantitative estimate of drug-likeness (QED) is 0.533. The number of rotatable bonds is 6. The van der Waals surface area contributed by atoms with Gasteiger partial charge in [-0.05, 0) is 36.8 Å². The average molecular weight is 500 g/mol. The number of hydrogen-bond donors (Lipinski definition) is 2. The molecule has 0 radical (unpaired) electrons. The fourth-order valence-electron chi connectivity index (χ4n) is 3.79. The summed E-state index contributed by atoms with van der Waals surface area (Å²) in [5.41, 5.74) is 8.29. The minimum Gasteiger partial charge on any atom is -0.493 e. The lowest BCUT2D eigenvalue weighted by atomic mass is 9.95. The maximum atomic E-state index is 12.4. The molecule has 1 amide bonds. The molecule has 1 unspecified atom stereocenters. The highest BCUT2D eigenvalue weighted by atomic mass is 79.9. The van der Waals surface area contributed by atoms with E-state index in [1.165, 1.54) is 0 Å². The number of aromatic nitrogens is 3. The standard InChI is InChI=1S/C22H22BrN5O4/c1-11-17(20(24)29)18(12-6-5-7-14(23)8-12)28-22(25-11)26-21(27-28)13-9-15(30-2)19(32-4)16(10-13)31-3/h5-10,18H,1-4H3,(H2,24,29)(H,25,26,27). The van der Waals surface area contributed by atoms with E-state index in [0.29, 0.717) is 45.9 Å². The molecule has 2 aromatic carbocycles. The van der Waals surface area contributed by atoms with Gasteiger partial charge in [0.25, 0.3) is 0 Å². The van der Waals surface area contributed by atoms with Gasteiger partial charge in [-0.1, -0.05) is 28.1 Å². The Labute approximate surface area is 193 Å². The molecule has 0 aliphatic carbocycles. The van der Waals surface area contributed by atoms with Crippen molar-refractivity contribution in [1.29, 1.82) is 0 Å². The van der Waals surface area contributed by atoms with Crippen LogP contribution in [0.2, 0.25) is 0 Å². The molecule has 3 N–H and O–H groups in total. The molecule has 1 aliphatic heterocycles. The number of halogens is 1. The van der Waals surface area contributed by atoms with E-state index in [9.17, 15) is 4.79 Å². The number of nitrogens with zero attached hydrogens (tertiary/aromatic N) is 3. The Kier molecular flexibility index (Phi) is 5.79. The Morgan fingerprint density at radius 3 is 2.38 bits per heavy atom. The van der Waals surface area contributed by atoms with Gasteiger partial charge in [0.15, 0.2) is 17.3 Å². The first-order valence-corrected chi connectivity index (χ1v) is 10.5. The summed E-state index contributed by atoms with van der Waals surface area (Å²) in [7, 11) is 4.63. The van der Waals surface area contributed by atoms with Gasteiger partial charge < -0.3 is 25.3 Å². The number of primary amides is 1. The van der Waals surface area contributed by atoms with Crippen LogP contribution < -0.4 is 25.3 Å². The summed E-state index contributed by atoms with van der Waals surface area (Å²) in [6.07, 6.45) is 0. The highest BCUT2D eigenvalue weighted by Gasteiger charge is 2.33. The summed E-state index contributed by atoms with van der Waals surface area (Å²) < 4.78 is 18.8. The molecule has 3 aromatic rings. The van der Waals surface area contributed by atoms with E-state index in [1.807, 2.05) is 24.3 Å². The van der Waals surface area contributed by atoms with Crippen molar-refractivity contribution in [2.75, 3.05) is 26.6 Å². The fourth-order valence-corrected chi connectivity index (χ4v) is 4.20. The number of carbonyl (C=O) groups excluding carboxylic acids is 1. The maximum Gasteiger partial charge on any atom is 0.248 e. The minimum absolute atomic E-state index is 0.414. The van der Waals surface area contributed by atoms with Crippen LogP contribution in [-0.4, -0.2) is 42.0 Å². The summed E-state index contributed by atoms with van der Waals surface area (Å²) in [4.78, 5) is 17.0. The van der Waals surface area contributed by atoms with Crippen molar-refractivity contribution in [3.05, 3.63) is 57.7 Å². The van der Waals surface area contributed by atoms with Gasteiger partial charge in [0.1, 0.15) is 6.04 Å². The van der Waals surface area contributed by atoms with Gasteiger partial charge in [-0.25, -0.2) is 4.68 Å². The Bertz CT molecular complexity index is 1210. The Balaban J connectivity index is 1.89. The number of amides is 1. The van der Waals surface area contributed by atoms with Crippen LogP contribution in [0.15, 0.2) is 52.1 Å². The first-order chi connectivity index (χ1) is 15.4. The second-order valence-corrected chi connectivity index (χ2v) is 8.02. The second-order valence-electron chi connectivity index (χ2n) is 7.10. The molecule has 0 fully saturated rings. The molecule has 2 heterocycles. The van der Waals surface area contributed by atoms with Crippen molar-refractivity contribution in [2.45, 2.75) is 13.0 Å². The molecule has 9 nitrogen and oxygen atoms in total. The van der Waals surface area contributed by atoms with Crippen molar-refractivity contribution in [1.82, 2.24) is 14.8 Å². The van der Waals surface area contributed by atoms with Crippen molar-refractivity contribution < 1.29 is 19.0 Å². The highest BCUT2D eigenvalue weighted by molar-refractivity contribution is 9.10. The Morgan fingerprint density at radius 1 is 1.12 bits per heavy atom. The van der Waals surface area contributed by atoms with Crippen LogP contribution in [0.5, 0.6) is 17.2 Å². The van der Waals surface area contributed by atoms with Crippen molar-refractivity contribution in [3.8, 4) is 28.6 Å². The lowest BCUT2D eigenvalue weighted by Gasteiger charge is -2.27. The molecular weight excluding hydrogens is 478 g/mol. The summed E-state index contributed by atoms with van der Waals surface area (Å²) >= 11 is 3.50. The van der Waals surface area contributed by atoms with Crippen LogP contribution >= 0.6 is 15.9 Å². The zero-order valence-electron chi connectivity index (χ0n) is 18.0. The third kappa shape index (κ3) is 3.66. The number of benzene rings is 2. The number of anilines is 1. The third-order valence-corrected chi connectivity index (χ3v) is 5.70. The third-order valence-electron chi connectivity index (χ3n) is 5.21. The van der Waals surface area contributed by atoms with Crippen molar-refractivity contribution >= 4 is 27.8 Å². The second kappa shape index (κ2) is 8.54. The van der Waals surface area contributed by atoms with Crippen LogP contribution in [-0.2, 0) is 4.79 Å². The van der Waals surface area contributed by atoms with Crippen LogP contribution in [0.4, 0.5) is 5.95 Å². The van der Waals surface area contributed by atoms with Crippen LogP contribution in [0.1, 0.15) is 18.5 Å². The smallest absolute Gasteiger partial charge is 0.248 e. The number of hydrogen-bond acceptors (Lipinski definition) is 7. The molecule has 0 bridgehead atoms. The molecule has 1 aromatic heterocycles. The molecule has 1 aliphatic rings. The largest absolute Gasteiger partial charge is 0.493 e. The SMILES string of the molecule is COc1cc(-c2nc3n(n2)C(c2cccc(Br)c2)C(C(N)=O)=C(C)N3)cc(OC)c1OC. The van der Waals surface area contributed by atoms with Gasteiger partial charge >= 0.3 is 0 Å². The predicted molar refractivity (Wildman–Crippen MR) is 123 cm³/mol. The summed E-state index contributed by atoms with van der Waals surface area (Å²) in [6, 6.07) is 10.7. The molecule has 0 saturated carbocycles. The molecule has 32 heavy (non-hydrogen) atoms. The zero-order chi connectivity index (χ0) is 23.0. The van der Waals surface area contributed by atoms with E-state index in [-0.39, 0.29) is 0 Å². The molecule has 0 saturated heterocycles. The van der Waals surface area contributed by atoms with Gasteiger partial charge in [-0.15, -0.1) is 5.10 Å². The molecular formula is C22H22BrN5O4. The number of fused-ring (bicyclic) bond motifs is 1. The average Bonchev–Trinajstić information content (AvgIpc) is 3.20. The molecule has 166 valence electrons. The maximum absolute atomic E-state index is 12.4. The highest BCUT2D eigenvalue weighted by Crippen LogP contribution is 2.42. The summed E-state index contributed by atoms with van der Waals surface area (Å²) in [6.45, 7) is 1.79. The Morgan fingerprint density at radius 2 is 1.81 bits per heavy atom. The molecule has 0 spiro atoms. The first kappa shape index (κ1) is 21.7. The van der Waals surface area contributed by atoms with Gasteiger partial charge in [-0.2, -0.15) is 4.98 Å². The van der Waals surface area contributed by atoms with Crippen molar-refractivity contribution in [3.63, 3.8) is 0 Å². The van der Waals surface area contributed by atoms with Crippen LogP contribution in [0, 0.1) is 0 Å². The summed E-state index contributed by atoms with van der Waals surface area (Å²) in [5.74, 6) is 1.82. The van der Waals surface area contributed by atoms with Crippen LogP contribution in [0.25, 0.3) is 11.4 Å². The van der Waals surface area contributed by atoms with E-state index >= 15 is 0 Å². The lowest BCUT2D eigenvalue weighted by Crippen LogP contribution is -2.31. The lowest BCUT2D eigenvalue weighted by molar-refractivity contribution is -0.115. The van der Waals surface area contributed by atoms with Crippen molar-refractivity contribution in [2.24, 2.45) is 5.73 Å². The molecule has 1 atom stereocenters. The number of ether oxygens (including phenoxy) is 3. The number of methoxy groups -OCH3 is 3. The first-order valence-electron chi connectivity index (χ1n) is 9.67.